The molecule has 0 bridgehead atoms. The molecule has 0 amide bonds. The van der Waals surface area contributed by atoms with Gasteiger partial charge in [0.25, 0.3) is 5.69 Å². The molecule has 3 N–H and O–H groups in total. The second-order valence-electron chi connectivity index (χ2n) is 3.85. The predicted octanol–water partition coefficient (Wildman–Crippen LogP) is 0.651. The molecule has 0 fully saturated rings. The van der Waals surface area contributed by atoms with Gasteiger partial charge in [0, 0.05) is 24.7 Å². The largest absolute Gasteiger partial charge is 0.495 e. The first-order chi connectivity index (χ1) is 8.81. The fourth-order valence-corrected chi connectivity index (χ4v) is 2.81. The van der Waals surface area contributed by atoms with E-state index in [1.807, 2.05) is 0 Å². The number of nitrogens with two attached hydrogens (primary N) is 1. The number of benzene rings is 1. The lowest BCUT2D eigenvalue weighted by Gasteiger charge is -2.14. The number of ether oxygens (including phenoxy) is 1. The Kier molecular flexibility index (Phi) is 6.86. The molecule has 1 aromatic rings. The molecule has 0 aliphatic heterocycles. The number of hydrogen-bond acceptors (Lipinski definition) is 6. The van der Waals surface area contributed by atoms with E-state index in [0.717, 1.165) is 6.07 Å². The Hall–Kier alpha value is -1.42. The van der Waals surface area contributed by atoms with Crippen molar-refractivity contribution in [3.8, 4) is 5.75 Å². The Morgan fingerprint density at radius 3 is 2.55 bits per heavy atom. The maximum atomic E-state index is 12.1. The average Bonchev–Trinajstić information content (AvgIpc) is 2.37. The van der Waals surface area contributed by atoms with Gasteiger partial charge in [0.2, 0.25) is 10.0 Å². The van der Waals surface area contributed by atoms with Gasteiger partial charge in [0.15, 0.2) is 0 Å². The highest BCUT2D eigenvalue weighted by Gasteiger charge is 2.24. The van der Waals surface area contributed by atoms with Crippen molar-refractivity contribution in [2.45, 2.75) is 17.9 Å². The first-order valence-electron chi connectivity index (χ1n) is 5.36. The average molecular weight is 326 g/mol. The fourth-order valence-electron chi connectivity index (χ4n) is 1.37. The summed E-state index contributed by atoms with van der Waals surface area (Å²) in [6.45, 7) is 1.69. The van der Waals surface area contributed by atoms with Gasteiger partial charge in [0.05, 0.1) is 12.0 Å². The lowest BCUT2D eigenvalue weighted by Crippen LogP contribution is -2.37. The smallest absolute Gasteiger partial charge is 0.271 e. The Bertz CT molecular complexity index is 578. The third-order valence-electron chi connectivity index (χ3n) is 2.36. The second-order valence-corrected chi connectivity index (χ2v) is 5.53. The summed E-state index contributed by atoms with van der Waals surface area (Å²) in [5, 5.41) is 10.7. The number of halogens is 1. The molecule has 0 saturated heterocycles. The van der Waals surface area contributed by atoms with Crippen molar-refractivity contribution in [3.05, 3.63) is 28.3 Å². The highest BCUT2D eigenvalue weighted by molar-refractivity contribution is 7.89. The van der Waals surface area contributed by atoms with Crippen molar-refractivity contribution in [1.29, 1.82) is 0 Å². The van der Waals surface area contributed by atoms with Crippen LogP contribution in [0, 0.1) is 10.1 Å². The molecule has 1 aromatic carbocycles. The fraction of sp³-hybridized carbons (Fsp3) is 0.400. The summed E-state index contributed by atoms with van der Waals surface area (Å²) in [6.07, 6.45) is 0. The van der Waals surface area contributed by atoms with Crippen LogP contribution in [0.25, 0.3) is 0 Å². The van der Waals surface area contributed by atoms with E-state index in [-0.39, 0.29) is 35.3 Å². The summed E-state index contributed by atoms with van der Waals surface area (Å²) >= 11 is 0. The summed E-state index contributed by atoms with van der Waals surface area (Å²) in [4.78, 5) is 9.72. The van der Waals surface area contributed by atoms with E-state index < -0.39 is 21.0 Å². The van der Waals surface area contributed by atoms with Crippen molar-refractivity contribution in [1.82, 2.24) is 4.72 Å². The van der Waals surface area contributed by atoms with Crippen molar-refractivity contribution in [2.75, 3.05) is 13.7 Å². The van der Waals surface area contributed by atoms with Crippen LogP contribution in [0.3, 0.4) is 0 Å². The molecule has 0 spiro atoms. The molecule has 0 heterocycles. The Morgan fingerprint density at radius 2 is 2.10 bits per heavy atom. The topological polar surface area (TPSA) is 125 Å². The molecule has 0 saturated carbocycles. The summed E-state index contributed by atoms with van der Waals surface area (Å²) in [5.41, 5.74) is 5.01. The van der Waals surface area contributed by atoms with Crippen LogP contribution in [-0.2, 0) is 10.0 Å². The van der Waals surface area contributed by atoms with Gasteiger partial charge < -0.3 is 10.5 Å². The highest BCUT2D eigenvalue weighted by atomic mass is 35.5. The molecule has 0 radical (unpaired) electrons. The number of sulfonamides is 1. The normalized spacial score (nSPS) is 12.3. The number of non-ortho nitro benzene ring substituents is 1. The van der Waals surface area contributed by atoms with E-state index in [2.05, 4.69) is 4.72 Å². The zero-order chi connectivity index (χ0) is 14.6. The standard InChI is InChI=1S/C10H15N3O5S.ClH/c1-7(6-11)12-19(16,17)10-5-8(13(14)15)3-4-9(10)18-2;/h3-5,7,12H,6,11H2,1-2H3;1H/t7-;/m0./s1. The zero-order valence-corrected chi connectivity index (χ0v) is 12.5. The molecule has 114 valence electrons. The van der Waals surface area contributed by atoms with E-state index in [1.165, 1.54) is 19.2 Å². The molecule has 8 nitrogen and oxygen atoms in total. The third-order valence-corrected chi connectivity index (χ3v) is 3.97. The lowest BCUT2D eigenvalue weighted by atomic mass is 10.3. The van der Waals surface area contributed by atoms with Gasteiger partial charge in [-0.3, -0.25) is 10.1 Å². The molecule has 0 aliphatic rings. The molecular weight excluding hydrogens is 310 g/mol. The highest BCUT2D eigenvalue weighted by Crippen LogP contribution is 2.28. The number of nitro groups is 1. The Balaban J connectivity index is 0.00000361. The van der Waals surface area contributed by atoms with Crippen molar-refractivity contribution < 1.29 is 18.1 Å². The van der Waals surface area contributed by atoms with E-state index in [9.17, 15) is 18.5 Å². The lowest BCUT2D eigenvalue weighted by molar-refractivity contribution is -0.385. The van der Waals surface area contributed by atoms with Gasteiger partial charge in [-0.1, -0.05) is 0 Å². The van der Waals surface area contributed by atoms with Crippen molar-refractivity contribution >= 4 is 28.1 Å². The molecule has 1 atom stereocenters. The van der Waals surface area contributed by atoms with Gasteiger partial charge in [-0.2, -0.15) is 0 Å². The predicted molar refractivity (Wildman–Crippen MR) is 75.7 cm³/mol. The number of nitro benzene ring substituents is 1. The minimum absolute atomic E-state index is 0. The number of nitrogens with one attached hydrogen (secondary N) is 1. The molecular formula is C10H16ClN3O5S. The van der Waals surface area contributed by atoms with Crippen LogP contribution in [0.1, 0.15) is 6.92 Å². The van der Waals surface area contributed by atoms with Crippen LogP contribution >= 0.6 is 12.4 Å². The molecule has 1 rings (SSSR count). The molecule has 10 heteroatoms. The minimum Gasteiger partial charge on any atom is -0.495 e. The summed E-state index contributed by atoms with van der Waals surface area (Å²) in [5.74, 6) is 0.0299. The molecule has 0 aromatic heterocycles. The first kappa shape index (κ1) is 18.6. The number of nitrogens with zero attached hydrogens (tertiary/aromatic N) is 1. The second kappa shape index (κ2) is 7.39. The quantitative estimate of drug-likeness (QED) is 0.584. The summed E-state index contributed by atoms with van der Waals surface area (Å²) < 4.78 is 31.4. The van der Waals surface area contributed by atoms with Gasteiger partial charge in [-0.05, 0) is 13.0 Å². The van der Waals surface area contributed by atoms with Crippen LogP contribution in [0.2, 0.25) is 0 Å². The maximum Gasteiger partial charge on any atom is 0.271 e. The molecule has 0 aliphatic carbocycles. The van der Waals surface area contributed by atoms with Crippen LogP contribution < -0.4 is 15.2 Å². The van der Waals surface area contributed by atoms with Crippen LogP contribution in [0.15, 0.2) is 23.1 Å². The van der Waals surface area contributed by atoms with Gasteiger partial charge in [-0.15, -0.1) is 12.4 Å². The monoisotopic (exact) mass is 325 g/mol. The maximum absolute atomic E-state index is 12.1. The Labute approximate surface area is 122 Å². The van der Waals surface area contributed by atoms with Crippen LogP contribution in [0.5, 0.6) is 5.75 Å². The van der Waals surface area contributed by atoms with E-state index in [1.54, 1.807) is 6.92 Å². The van der Waals surface area contributed by atoms with E-state index in [4.69, 9.17) is 10.5 Å². The van der Waals surface area contributed by atoms with E-state index in [0.29, 0.717) is 0 Å². The van der Waals surface area contributed by atoms with Crippen molar-refractivity contribution in [2.24, 2.45) is 5.73 Å². The van der Waals surface area contributed by atoms with E-state index >= 15 is 0 Å². The SMILES string of the molecule is COc1ccc([N+](=O)[O-])cc1S(=O)(=O)N[C@@H](C)CN.Cl. The van der Waals surface area contributed by atoms with Crippen LogP contribution in [-0.4, -0.2) is 33.0 Å². The number of rotatable bonds is 6. The first-order valence-corrected chi connectivity index (χ1v) is 6.85. The van der Waals surface area contributed by atoms with Gasteiger partial charge in [0.1, 0.15) is 10.6 Å². The summed E-state index contributed by atoms with van der Waals surface area (Å²) in [7, 11) is -2.65. The third kappa shape index (κ3) is 4.30. The number of methoxy groups -OCH3 is 1. The number of hydrogen-bond donors (Lipinski definition) is 2. The minimum atomic E-state index is -3.93. The molecule has 0 unspecified atom stereocenters. The van der Waals surface area contributed by atoms with Crippen LogP contribution in [0.4, 0.5) is 5.69 Å². The van der Waals surface area contributed by atoms with Gasteiger partial charge in [-0.25, -0.2) is 13.1 Å². The zero-order valence-electron chi connectivity index (χ0n) is 10.9. The molecule has 20 heavy (non-hydrogen) atoms. The van der Waals surface area contributed by atoms with Crippen molar-refractivity contribution in [3.63, 3.8) is 0 Å². The Morgan fingerprint density at radius 1 is 1.50 bits per heavy atom. The van der Waals surface area contributed by atoms with Gasteiger partial charge >= 0.3 is 0 Å². The summed E-state index contributed by atoms with van der Waals surface area (Å²) in [6, 6.07) is 2.86.